The Morgan fingerprint density at radius 2 is 1.91 bits per heavy atom. The molecule has 0 amide bonds. The Morgan fingerprint density at radius 1 is 1.27 bits per heavy atom. The van der Waals surface area contributed by atoms with E-state index in [-0.39, 0.29) is 0 Å². The fourth-order valence-corrected chi connectivity index (χ4v) is 1.41. The minimum Gasteiger partial charge on any atom is -0.100 e. The Morgan fingerprint density at radius 3 is 2.27 bits per heavy atom. The van der Waals surface area contributed by atoms with Crippen LogP contribution in [0.25, 0.3) is 0 Å². The summed E-state index contributed by atoms with van der Waals surface area (Å²) in [6.45, 7) is 10.6. The van der Waals surface area contributed by atoms with Crippen LogP contribution in [0.15, 0.2) is 12.2 Å². The van der Waals surface area contributed by atoms with Crippen molar-refractivity contribution in [1.82, 2.24) is 0 Å². The molecule has 0 aromatic rings. The van der Waals surface area contributed by atoms with Gasteiger partial charge in [0, 0.05) is 0 Å². The Kier molecular flexibility index (Phi) is 6.30. The van der Waals surface area contributed by atoms with E-state index in [4.69, 9.17) is 0 Å². The Labute approximate surface area is 71.7 Å². The van der Waals surface area contributed by atoms with Gasteiger partial charge in [-0.15, -0.1) is 6.58 Å². The zero-order valence-corrected chi connectivity index (χ0v) is 8.32. The summed E-state index contributed by atoms with van der Waals surface area (Å²) in [5.74, 6) is 0.941. The second-order valence-electron chi connectivity index (χ2n) is 3.56. The maximum atomic E-state index is 3.92. The average Bonchev–Trinajstić information content (AvgIpc) is 1.97. The molecule has 0 aromatic carbocycles. The van der Waals surface area contributed by atoms with Crippen LogP contribution in [0.5, 0.6) is 0 Å². The Balaban J connectivity index is 3.43. The topological polar surface area (TPSA) is 0 Å². The van der Waals surface area contributed by atoms with E-state index >= 15 is 0 Å². The molecule has 0 aliphatic carbocycles. The van der Waals surface area contributed by atoms with E-state index in [1.165, 1.54) is 37.7 Å². The smallest absolute Gasteiger partial charge is 0.0323 e. The number of hydrogen-bond donors (Lipinski definition) is 0. The first-order valence-corrected chi connectivity index (χ1v) is 4.85. The molecule has 1 unspecified atom stereocenters. The monoisotopic (exact) mass is 154 g/mol. The van der Waals surface area contributed by atoms with Gasteiger partial charge < -0.3 is 0 Å². The van der Waals surface area contributed by atoms with Gasteiger partial charge in [-0.25, -0.2) is 0 Å². The third kappa shape index (κ3) is 6.15. The van der Waals surface area contributed by atoms with E-state index in [0.29, 0.717) is 0 Å². The van der Waals surface area contributed by atoms with Crippen LogP contribution in [-0.2, 0) is 0 Å². The fourth-order valence-electron chi connectivity index (χ4n) is 1.41. The van der Waals surface area contributed by atoms with E-state index in [1.54, 1.807) is 0 Å². The minimum atomic E-state index is 0.941. The molecule has 0 fully saturated rings. The highest BCUT2D eigenvalue weighted by molar-refractivity contribution is 4.87. The number of hydrogen-bond acceptors (Lipinski definition) is 0. The van der Waals surface area contributed by atoms with Gasteiger partial charge in [0.1, 0.15) is 0 Å². The molecule has 0 aliphatic rings. The summed E-state index contributed by atoms with van der Waals surface area (Å²) in [6, 6.07) is 0. The van der Waals surface area contributed by atoms with Crippen LogP contribution in [0, 0.1) is 5.92 Å². The standard InChI is InChI=1S/C11H22/c1-5-7-11(6-2)9-8-10(3)4/h11H,3,5-9H2,1-2,4H3. The van der Waals surface area contributed by atoms with Crippen molar-refractivity contribution >= 4 is 0 Å². The van der Waals surface area contributed by atoms with Gasteiger partial charge in [0.25, 0.3) is 0 Å². The van der Waals surface area contributed by atoms with Crippen LogP contribution in [0.3, 0.4) is 0 Å². The molecule has 1 atom stereocenters. The van der Waals surface area contributed by atoms with E-state index in [1.807, 2.05) is 0 Å². The number of allylic oxidation sites excluding steroid dienone is 1. The first kappa shape index (κ1) is 10.7. The zero-order valence-electron chi connectivity index (χ0n) is 8.32. The van der Waals surface area contributed by atoms with Gasteiger partial charge in [0.15, 0.2) is 0 Å². The average molecular weight is 154 g/mol. The van der Waals surface area contributed by atoms with Crippen molar-refractivity contribution in [3.05, 3.63) is 12.2 Å². The molecule has 0 radical (unpaired) electrons. The van der Waals surface area contributed by atoms with Gasteiger partial charge in [-0.3, -0.25) is 0 Å². The molecule has 0 aliphatic heterocycles. The van der Waals surface area contributed by atoms with Gasteiger partial charge >= 0.3 is 0 Å². The highest BCUT2D eigenvalue weighted by Gasteiger charge is 2.03. The molecule has 0 aromatic heterocycles. The Bertz CT molecular complexity index is 103. The second kappa shape index (κ2) is 6.45. The summed E-state index contributed by atoms with van der Waals surface area (Å²) in [5.41, 5.74) is 1.33. The molecule has 0 nitrogen and oxygen atoms in total. The number of rotatable bonds is 6. The van der Waals surface area contributed by atoms with Crippen LogP contribution < -0.4 is 0 Å². The summed E-state index contributed by atoms with van der Waals surface area (Å²) in [6.07, 6.45) is 6.62. The van der Waals surface area contributed by atoms with Crippen LogP contribution in [0.4, 0.5) is 0 Å². The molecule has 0 spiro atoms. The minimum absolute atomic E-state index is 0.941. The van der Waals surface area contributed by atoms with Gasteiger partial charge in [0.2, 0.25) is 0 Å². The summed E-state index contributed by atoms with van der Waals surface area (Å²) in [7, 11) is 0. The van der Waals surface area contributed by atoms with Crippen molar-refractivity contribution < 1.29 is 0 Å². The molecular weight excluding hydrogens is 132 g/mol. The van der Waals surface area contributed by atoms with Gasteiger partial charge in [-0.1, -0.05) is 38.7 Å². The summed E-state index contributed by atoms with van der Waals surface area (Å²) in [4.78, 5) is 0. The zero-order chi connectivity index (χ0) is 8.69. The molecule has 0 bridgehead atoms. The third-order valence-electron chi connectivity index (χ3n) is 2.25. The quantitative estimate of drug-likeness (QED) is 0.504. The molecule has 11 heavy (non-hydrogen) atoms. The van der Waals surface area contributed by atoms with Crippen LogP contribution in [0.2, 0.25) is 0 Å². The second-order valence-corrected chi connectivity index (χ2v) is 3.56. The molecule has 0 rings (SSSR count). The molecule has 0 heteroatoms. The lowest BCUT2D eigenvalue weighted by molar-refractivity contribution is 0.432. The lowest BCUT2D eigenvalue weighted by atomic mass is 9.94. The van der Waals surface area contributed by atoms with Crippen LogP contribution in [0.1, 0.15) is 52.9 Å². The third-order valence-corrected chi connectivity index (χ3v) is 2.25. The highest BCUT2D eigenvalue weighted by atomic mass is 14.1. The van der Waals surface area contributed by atoms with Crippen LogP contribution in [-0.4, -0.2) is 0 Å². The van der Waals surface area contributed by atoms with E-state index in [2.05, 4.69) is 27.4 Å². The van der Waals surface area contributed by atoms with E-state index in [0.717, 1.165) is 5.92 Å². The molecule has 0 saturated heterocycles. The van der Waals surface area contributed by atoms with Crippen LogP contribution >= 0.6 is 0 Å². The fraction of sp³-hybridized carbons (Fsp3) is 0.818. The van der Waals surface area contributed by atoms with E-state index < -0.39 is 0 Å². The van der Waals surface area contributed by atoms with Gasteiger partial charge in [0.05, 0.1) is 0 Å². The maximum Gasteiger partial charge on any atom is -0.0323 e. The normalized spacial score (nSPS) is 13.0. The van der Waals surface area contributed by atoms with E-state index in [9.17, 15) is 0 Å². The predicted molar refractivity (Wildman–Crippen MR) is 52.7 cm³/mol. The van der Waals surface area contributed by atoms with Crippen molar-refractivity contribution in [1.29, 1.82) is 0 Å². The van der Waals surface area contributed by atoms with Crippen molar-refractivity contribution in [3.8, 4) is 0 Å². The lowest BCUT2D eigenvalue weighted by Gasteiger charge is -2.12. The summed E-state index contributed by atoms with van der Waals surface area (Å²) < 4.78 is 0. The summed E-state index contributed by atoms with van der Waals surface area (Å²) in [5, 5.41) is 0. The van der Waals surface area contributed by atoms with Crippen molar-refractivity contribution in [3.63, 3.8) is 0 Å². The van der Waals surface area contributed by atoms with Crippen molar-refractivity contribution in [2.45, 2.75) is 52.9 Å². The molecule has 66 valence electrons. The first-order valence-electron chi connectivity index (χ1n) is 4.85. The first-order chi connectivity index (χ1) is 5.20. The molecular formula is C11H22. The SMILES string of the molecule is C=C(C)CCC(CC)CCC. The van der Waals surface area contributed by atoms with Gasteiger partial charge in [-0.2, -0.15) is 0 Å². The molecule has 0 N–H and O–H groups in total. The largest absolute Gasteiger partial charge is 0.100 e. The lowest BCUT2D eigenvalue weighted by Crippen LogP contribution is -1.97. The van der Waals surface area contributed by atoms with Crippen molar-refractivity contribution in [2.75, 3.05) is 0 Å². The summed E-state index contributed by atoms with van der Waals surface area (Å²) >= 11 is 0. The molecule has 0 saturated carbocycles. The predicted octanol–water partition coefficient (Wildman–Crippen LogP) is 4.17. The molecule has 0 heterocycles. The Hall–Kier alpha value is -0.260. The highest BCUT2D eigenvalue weighted by Crippen LogP contribution is 2.18. The maximum absolute atomic E-state index is 3.92. The van der Waals surface area contributed by atoms with Crippen molar-refractivity contribution in [2.24, 2.45) is 5.92 Å². The van der Waals surface area contributed by atoms with Gasteiger partial charge in [-0.05, 0) is 25.7 Å².